The van der Waals surface area contributed by atoms with Gasteiger partial charge in [0.2, 0.25) is 0 Å². The number of ether oxygens (including phenoxy) is 1. The molecule has 1 aliphatic rings. The monoisotopic (exact) mass is 346 g/mol. The minimum absolute atomic E-state index is 0.117. The Kier molecular flexibility index (Phi) is 5.67. The van der Waals surface area contributed by atoms with Gasteiger partial charge in [-0.15, -0.1) is 0 Å². The van der Waals surface area contributed by atoms with Crippen LogP contribution in [-0.2, 0) is 4.74 Å². The molecule has 3 atom stereocenters. The van der Waals surface area contributed by atoms with Gasteiger partial charge in [0.1, 0.15) is 23.9 Å². The first kappa shape index (κ1) is 17.8. The van der Waals surface area contributed by atoms with Crippen LogP contribution in [0.1, 0.15) is 50.8 Å². The molecule has 7 nitrogen and oxygen atoms in total. The fraction of sp³-hybridized carbons (Fsp3) is 0.556. The van der Waals surface area contributed by atoms with Gasteiger partial charge in [-0.2, -0.15) is 0 Å². The van der Waals surface area contributed by atoms with Crippen LogP contribution in [0.4, 0.5) is 5.82 Å². The lowest BCUT2D eigenvalue weighted by Crippen LogP contribution is -2.19. The zero-order valence-corrected chi connectivity index (χ0v) is 14.5. The summed E-state index contributed by atoms with van der Waals surface area (Å²) in [4.78, 5) is 8.43. The van der Waals surface area contributed by atoms with E-state index in [4.69, 9.17) is 10.5 Å². The third-order valence-electron chi connectivity index (χ3n) is 4.58. The molecular formula is C18H26N4O3. The van der Waals surface area contributed by atoms with E-state index < -0.39 is 12.3 Å². The van der Waals surface area contributed by atoms with Crippen molar-refractivity contribution in [1.29, 1.82) is 0 Å². The minimum Gasteiger partial charge on any atom is -0.394 e. The number of aliphatic hydroxyl groups excluding tert-OH is 2. The molecule has 2 aromatic heterocycles. The molecule has 1 fully saturated rings. The zero-order valence-electron chi connectivity index (χ0n) is 14.5. The van der Waals surface area contributed by atoms with E-state index >= 15 is 0 Å². The highest BCUT2D eigenvalue weighted by Crippen LogP contribution is 2.34. The summed E-state index contributed by atoms with van der Waals surface area (Å²) in [6.07, 6.45) is 10.7. The fourth-order valence-electron chi connectivity index (χ4n) is 3.28. The molecule has 0 bridgehead atoms. The second-order valence-corrected chi connectivity index (χ2v) is 6.48. The number of nitrogen functional groups attached to an aromatic ring is 1. The molecule has 7 heteroatoms. The van der Waals surface area contributed by atoms with Crippen molar-refractivity contribution in [3.63, 3.8) is 0 Å². The van der Waals surface area contributed by atoms with Gasteiger partial charge >= 0.3 is 0 Å². The first-order chi connectivity index (χ1) is 12.2. The van der Waals surface area contributed by atoms with Crippen LogP contribution in [0.15, 0.2) is 18.6 Å². The Bertz CT molecular complexity index is 743. The Hall–Kier alpha value is -1.96. The predicted octanol–water partition coefficient (Wildman–Crippen LogP) is 2.25. The number of nitrogens with zero attached hydrogens (tertiary/aromatic N) is 3. The average molecular weight is 346 g/mol. The van der Waals surface area contributed by atoms with Crippen LogP contribution in [0.2, 0.25) is 0 Å². The molecule has 0 spiro atoms. The van der Waals surface area contributed by atoms with E-state index in [9.17, 15) is 10.2 Å². The number of hydrogen-bond acceptors (Lipinski definition) is 6. The normalized spacial score (nSPS) is 23.9. The number of unbranched alkanes of at least 4 members (excludes halogenated alkanes) is 3. The molecule has 25 heavy (non-hydrogen) atoms. The van der Waals surface area contributed by atoms with Crippen molar-refractivity contribution in [3.05, 3.63) is 24.2 Å². The lowest BCUT2D eigenvalue weighted by Gasteiger charge is -2.17. The van der Waals surface area contributed by atoms with Crippen molar-refractivity contribution < 1.29 is 14.9 Å². The van der Waals surface area contributed by atoms with E-state index in [2.05, 4.69) is 23.0 Å². The molecule has 1 saturated heterocycles. The number of anilines is 1. The number of nitrogens with two attached hydrogens (primary N) is 1. The van der Waals surface area contributed by atoms with Crippen LogP contribution in [0.3, 0.4) is 0 Å². The van der Waals surface area contributed by atoms with Crippen molar-refractivity contribution in [2.75, 3.05) is 12.3 Å². The zero-order chi connectivity index (χ0) is 17.8. The number of rotatable bonds is 7. The van der Waals surface area contributed by atoms with Crippen LogP contribution in [0, 0.1) is 0 Å². The summed E-state index contributed by atoms with van der Waals surface area (Å²) < 4.78 is 7.56. The molecule has 3 unspecified atom stereocenters. The molecule has 0 aliphatic carbocycles. The summed E-state index contributed by atoms with van der Waals surface area (Å²) in [5, 5.41) is 20.4. The number of hydrogen-bond donors (Lipinski definition) is 3. The Morgan fingerprint density at radius 1 is 1.40 bits per heavy atom. The summed E-state index contributed by atoms with van der Waals surface area (Å²) in [5.74, 6) is 0.406. The molecule has 0 radical (unpaired) electrons. The van der Waals surface area contributed by atoms with E-state index in [1.165, 1.54) is 19.2 Å². The standard InChI is InChI=1S/C18H26N4O3/c1-2-3-4-5-6-7-12-9-22(17-15(12)16(19)20-11-21-17)18-14(24)8-13(10-23)25-18/h6-7,9,11,13-14,18,23-24H,2-5,8,10H2,1H3,(H2,19,20,21)/b7-6+. The molecule has 0 aromatic carbocycles. The molecule has 1 aliphatic heterocycles. The quantitative estimate of drug-likeness (QED) is 0.664. The average Bonchev–Trinajstić information content (AvgIpc) is 3.16. The highest BCUT2D eigenvalue weighted by molar-refractivity contribution is 5.94. The summed E-state index contributed by atoms with van der Waals surface area (Å²) in [6.45, 7) is 2.07. The van der Waals surface area contributed by atoms with Crippen LogP contribution < -0.4 is 5.73 Å². The topological polar surface area (TPSA) is 106 Å². The van der Waals surface area contributed by atoms with Crippen LogP contribution >= 0.6 is 0 Å². The number of allylic oxidation sites excluding steroid dienone is 1. The highest BCUT2D eigenvalue weighted by atomic mass is 16.5. The van der Waals surface area contributed by atoms with Gasteiger partial charge in [0.05, 0.1) is 18.1 Å². The van der Waals surface area contributed by atoms with Gasteiger partial charge in [-0.3, -0.25) is 0 Å². The Labute approximate surface area is 147 Å². The molecular weight excluding hydrogens is 320 g/mol. The molecule has 136 valence electrons. The second-order valence-electron chi connectivity index (χ2n) is 6.48. The predicted molar refractivity (Wildman–Crippen MR) is 96.7 cm³/mol. The third-order valence-corrected chi connectivity index (χ3v) is 4.58. The summed E-state index contributed by atoms with van der Waals surface area (Å²) in [6, 6.07) is 0. The van der Waals surface area contributed by atoms with Gasteiger partial charge in [-0.25, -0.2) is 9.97 Å². The molecule has 3 heterocycles. The summed E-state index contributed by atoms with van der Waals surface area (Å²) >= 11 is 0. The highest BCUT2D eigenvalue weighted by Gasteiger charge is 2.36. The van der Waals surface area contributed by atoms with E-state index in [1.807, 2.05) is 12.3 Å². The lowest BCUT2D eigenvalue weighted by atomic mass is 10.1. The molecule has 4 N–H and O–H groups in total. The minimum atomic E-state index is -0.703. The third kappa shape index (κ3) is 3.68. The maximum atomic E-state index is 10.3. The maximum Gasteiger partial charge on any atom is 0.161 e. The van der Waals surface area contributed by atoms with Gasteiger partial charge in [-0.1, -0.05) is 31.9 Å². The van der Waals surface area contributed by atoms with Crippen LogP contribution in [0.5, 0.6) is 0 Å². The lowest BCUT2D eigenvalue weighted by molar-refractivity contribution is -0.0484. The largest absolute Gasteiger partial charge is 0.394 e. The van der Waals surface area contributed by atoms with Crippen LogP contribution in [0.25, 0.3) is 17.1 Å². The van der Waals surface area contributed by atoms with Crippen LogP contribution in [-0.4, -0.2) is 43.6 Å². The van der Waals surface area contributed by atoms with E-state index in [-0.39, 0.29) is 12.7 Å². The first-order valence-corrected chi connectivity index (χ1v) is 8.87. The number of fused-ring (bicyclic) bond motifs is 1. The van der Waals surface area contributed by atoms with Gasteiger partial charge in [0, 0.05) is 18.2 Å². The molecule has 0 saturated carbocycles. The van der Waals surface area contributed by atoms with Crippen molar-refractivity contribution in [2.45, 2.75) is 57.5 Å². The Morgan fingerprint density at radius 3 is 2.96 bits per heavy atom. The van der Waals surface area contributed by atoms with Gasteiger partial charge in [0.15, 0.2) is 6.23 Å². The van der Waals surface area contributed by atoms with Crippen molar-refractivity contribution in [2.24, 2.45) is 0 Å². The smallest absolute Gasteiger partial charge is 0.161 e. The van der Waals surface area contributed by atoms with Crippen molar-refractivity contribution >= 4 is 22.9 Å². The van der Waals surface area contributed by atoms with Crippen molar-refractivity contribution in [1.82, 2.24) is 14.5 Å². The van der Waals surface area contributed by atoms with Crippen molar-refractivity contribution in [3.8, 4) is 0 Å². The van der Waals surface area contributed by atoms with Gasteiger partial charge in [0.25, 0.3) is 0 Å². The van der Waals surface area contributed by atoms with Gasteiger partial charge < -0.3 is 25.3 Å². The fourth-order valence-corrected chi connectivity index (χ4v) is 3.28. The summed E-state index contributed by atoms with van der Waals surface area (Å²) in [5.41, 5.74) is 7.61. The van der Waals surface area contributed by atoms with E-state index in [1.54, 1.807) is 4.57 Å². The van der Waals surface area contributed by atoms with E-state index in [0.29, 0.717) is 17.9 Å². The number of aliphatic hydroxyl groups is 2. The Balaban J connectivity index is 1.93. The number of aromatic nitrogens is 3. The second kappa shape index (κ2) is 7.95. The Morgan fingerprint density at radius 2 is 2.24 bits per heavy atom. The SMILES string of the molecule is CCCCC/C=C/c1cn(C2OC(CO)CC2O)c2ncnc(N)c12. The first-order valence-electron chi connectivity index (χ1n) is 8.87. The summed E-state index contributed by atoms with van der Waals surface area (Å²) in [7, 11) is 0. The van der Waals surface area contributed by atoms with E-state index in [0.717, 1.165) is 23.8 Å². The molecule has 2 aromatic rings. The van der Waals surface area contributed by atoms with Gasteiger partial charge in [-0.05, 0) is 12.8 Å². The maximum absolute atomic E-state index is 10.3. The molecule has 0 amide bonds. The molecule has 3 rings (SSSR count).